The van der Waals surface area contributed by atoms with Crippen molar-refractivity contribution in [1.82, 2.24) is 4.98 Å². The molecule has 0 spiro atoms. The second-order valence-electron chi connectivity index (χ2n) is 6.31. The number of halogens is 2. The van der Waals surface area contributed by atoms with Crippen molar-refractivity contribution in [1.29, 1.82) is 0 Å². The lowest BCUT2D eigenvalue weighted by Gasteiger charge is -2.08. The molecule has 0 saturated carbocycles. The number of benzene rings is 2. The fraction of sp³-hybridized carbons (Fsp3) is 0.0455. The summed E-state index contributed by atoms with van der Waals surface area (Å²) in [5.74, 6) is 0.188. The lowest BCUT2D eigenvalue weighted by molar-refractivity contribution is -0.119. The van der Waals surface area contributed by atoms with E-state index in [1.54, 1.807) is 42.6 Å². The zero-order valence-corrected chi connectivity index (χ0v) is 19.0. The molecule has 2 heterocycles. The van der Waals surface area contributed by atoms with Gasteiger partial charge in [-0.2, -0.15) is 0 Å². The number of nitrogens with zero attached hydrogens (tertiary/aromatic N) is 1. The first-order valence-corrected chi connectivity index (χ1v) is 11.0. The van der Waals surface area contributed by atoms with Crippen LogP contribution in [0.15, 0.2) is 71.3 Å². The summed E-state index contributed by atoms with van der Waals surface area (Å²) in [6.07, 6.45) is 1.62. The van der Waals surface area contributed by atoms with Crippen LogP contribution >= 0.6 is 38.9 Å². The minimum Gasteiger partial charge on any atom is -0.457 e. The van der Waals surface area contributed by atoms with Crippen LogP contribution in [0.2, 0.25) is 5.02 Å². The zero-order valence-electron chi connectivity index (χ0n) is 15.8. The van der Waals surface area contributed by atoms with Crippen molar-refractivity contribution in [3.8, 4) is 11.5 Å². The minimum absolute atomic E-state index is 0.220. The van der Waals surface area contributed by atoms with Crippen molar-refractivity contribution in [2.75, 3.05) is 11.9 Å². The summed E-state index contributed by atoms with van der Waals surface area (Å²) in [5.41, 5.74) is 0.549. The molecule has 4 rings (SSSR count). The van der Waals surface area contributed by atoms with Crippen LogP contribution < -0.4 is 10.1 Å². The molecule has 0 radical (unpaired) electrons. The Hall–Kier alpha value is -2.94. The Bertz CT molecular complexity index is 1240. The van der Waals surface area contributed by atoms with Gasteiger partial charge in [0.05, 0.1) is 5.02 Å². The van der Waals surface area contributed by atoms with E-state index in [1.165, 1.54) is 0 Å². The van der Waals surface area contributed by atoms with Crippen molar-refractivity contribution in [3.63, 3.8) is 0 Å². The van der Waals surface area contributed by atoms with Gasteiger partial charge < -0.3 is 14.8 Å². The SMILES string of the molecule is O=C(COC(=O)c1sc2ncccc2c1Cl)Nc1ccc(Oc2ccc(Br)cc2)cc1. The smallest absolute Gasteiger partial charge is 0.350 e. The third kappa shape index (κ3) is 5.22. The van der Waals surface area contributed by atoms with E-state index >= 15 is 0 Å². The number of rotatable bonds is 6. The molecule has 0 atom stereocenters. The average Bonchev–Trinajstić information content (AvgIpc) is 3.12. The molecule has 0 saturated heterocycles. The quantitative estimate of drug-likeness (QED) is 0.304. The zero-order chi connectivity index (χ0) is 21.8. The van der Waals surface area contributed by atoms with E-state index in [9.17, 15) is 9.59 Å². The Morgan fingerprint density at radius 3 is 2.39 bits per heavy atom. The van der Waals surface area contributed by atoms with Crippen LogP contribution in [0.4, 0.5) is 5.69 Å². The predicted molar refractivity (Wildman–Crippen MR) is 124 cm³/mol. The van der Waals surface area contributed by atoms with Crippen molar-refractivity contribution in [2.24, 2.45) is 0 Å². The first kappa shape index (κ1) is 21.3. The highest BCUT2D eigenvalue weighted by atomic mass is 79.9. The van der Waals surface area contributed by atoms with Crippen molar-refractivity contribution in [2.45, 2.75) is 0 Å². The molecular formula is C22H14BrClN2O4S. The normalized spacial score (nSPS) is 10.6. The van der Waals surface area contributed by atoms with Gasteiger partial charge in [-0.15, -0.1) is 11.3 Å². The van der Waals surface area contributed by atoms with Crippen LogP contribution in [0.5, 0.6) is 11.5 Å². The average molecular weight is 518 g/mol. The number of carbonyl (C=O) groups is 2. The van der Waals surface area contributed by atoms with Crippen molar-refractivity contribution < 1.29 is 19.1 Å². The van der Waals surface area contributed by atoms with Crippen molar-refractivity contribution >= 4 is 66.6 Å². The third-order valence-corrected chi connectivity index (χ3v) is 6.24. The summed E-state index contributed by atoms with van der Waals surface area (Å²) in [6, 6.07) is 17.8. The first-order valence-electron chi connectivity index (χ1n) is 9.03. The maximum atomic E-state index is 12.3. The van der Waals surface area contributed by atoms with E-state index in [-0.39, 0.29) is 9.90 Å². The molecule has 1 amide bonds. The Morgan fingerprint density at radius 2 is 1.71 bits per heavy atom. The van der Waals surface area contributed by atoms with Crippen LogP contribution in [-0.2, 0) is 9.53 Å². The lowest BCUT2D eigenvalue weighted by atomic mass is 10.3. The summed E-state index contributed by atoms with van der Waals surface area (Å²) < 4.78 is 11.8. The Labute approximate surface area is 194 Å². The van der Waals surface area contributed by atoms with E-state index in [0.29, 0.717) is 27.4 Å². The van der Waals surface area contributed by atoms with E-state index in [4.69, 9.17) is 21.1 Å². The van der Waals surface area contributed by atoms with Gasteiger partial charge in [-0.05, 0) is 60.7 Å². The predicted octanol–water partition coefficient (Wildman–Crippen LogP) is 6.30. The van der Waals surface area contributed by atoms with Gasteiger partial charge in [-0.1, -0.05) is 27.5 Å². The van der Waals surface area contributed by atoms with Gasteiger partial charge >= 0.3 is 5.97 Å². The minimum atomic E-state index is -0.665. The van der Waals surface area contributed by atoms with Gasteiger partial charge in [0.1, 0.15) is 21.2 Å². The highest BCUT2D eigenvalue weighted by Crippen LogP contribution is 2.34. The molecule has 0 bridgehead atoms. The van der Waals surface area contributed by atoms with Crippen LogP contribution in [0.25, 0.3) is 10.2 Å². The molecule has 0 fully saturated rings. The highest BCUT2D eigenvalue weighted by molar-refractivity contribution is 9.10. The molecule has 1 N–H and O–H groups in total. The molecule has 6 nitrogen and oxygen atoms in total. The van der Waals surface area contributed by atoms with Gasteiger partial charge in [0.25, 0.3) is 5.91 Å². The van der Waals surface area contributed by atoms with Crippen LogP contribution in [-0.4, -0.2) is 23.5 Å². The molecule has 0 aliphatic heterocycles. The molecule has 0 aliphatic carbocycles. The summed E-state index contributed by atoms with van der Waals surface area (Å²) in [7, 11) is 0. The number of nitrogens with one attached hydrogen (secondary N) is 1. The number of amides is 1. The van der Waals surface area contributed by atoms with Gasteiger partial charge in [0, 0.05) is 21.7 Å². The summed E-state index contributed by atoms with van der Waals surface area (Å²) in [4.78, 5) is 29.5. The molecular weight excluding hydrogens is 504 g/mol. The topological polar surface area (TPSA) is 77.5 Å². The van der Waals surface area contributed by atoms with Crippen molar-refractivity contribution in [3.05, 3.63) is 81.2 Å². The number of hydrogen-bond acceptors (Lipinski definition) is 6. The van der Waals surface area contributed by atoms with Gasteiger partial charge in [-0.3, -0.25) is 4.79 Å². The van der Waals surface area contributed by atoms with E-state index in [1.807, 2.05) is 24.3 Å². The largest absolute Gasteiger partial charge is 0.457 e. The molecule has 9 heteroatoms. The molecule has 4 aromatic rings. The fourth-order valence-electron chi connectivity index (χ4n) is 2.67. The first-order chi connectivity index (χ1) is 15.0. The molecule has 0 aliphatic rings. The second-order valence-corrected chi connectivity index (χ2v) is 8.60. The molecule has 2 aromatic heterocycles. The Morgan fingerprint density at radius 1 is 1.03 bits per heavy atom. The van der Waals surface area contributed by atoms with Gasteiger partial charge in [0.15, 0.2) is 6.61 Å². The fourth-order valence-corrected chi connectivity index (χ4v) is 4.27. The van der Waals surface area contributed by atoms with E-state index in [0.717, 1.165) is 15.8 Å². The third-order valence-electron chi connectivity index (χ3n) is 4.11. The van der Waals surface area contributed by atoms with Crippen LogP contribution in [0.1, 0.15) is 9.67 Å². The second kappa shape index (κ2) is 9.47. The maximum Gasteiger partial charge on any atom is 0.350 e. The van der Waals surface area contributed by atoms with Crippen LogP contribution in [0.3, 0.4) is 0 Å². The van der Waals surface area contributed by atoms with Gasteiger partial charge in [-0.25, -0.2) is 9.78 Å². The number of anilines is 1. The molecule has 0 unspecified atom stereocenters. The summed E-state index contributed by atoms with van der Waals surface area (Å²) in [6.45, 7) is -0.437. The summed E-state index contributed by atoms with van der Waals surface area (Å²) >= 11 is 10.7. The maximum absolute atomic E-state index is 12.3. The molecule has 31 heavy (non-hydrogen) atoms. The number of ether oxygens (including phenoxy) is 2. The standard InChI is InChI=1S/C22H14BrClN2O4S/c23-13-3-7-15(8-4-13)30-16-9-5-14(6-10-16)26-18(27)12-29-22(28)20-19(24)17-2-1-11-25-21(17)31-20/h1-11H,12H2,(H,26,27). The number of aromatic nitrogens is 1. The number of carbonyl (C=O) groups excluding carboxylic acids is 2. The number of hydrogen-bond donors (Lipinski definition) is 1. The van der Waals surface area contributed by atoms with E-state index in [2.05, 4.69) is 26.2 Å². The monoisotopic (exact) mass is 516 g/mol. The van der Waals surface area contributed by atoms with Crippen LogP contribution in [0, 0.1) is 0 Å². The molecule has 2 aromatic carbocycles. The number of esters is 1. The number of fused-ring (bicyclic) bond motifs is 1. The Kier molecular flexibility index (Phi) is 6.50. The van der Waals surface area contributed by atoms with Gasteiger partial charge in [0.2, 0.25) is 0 Å². The summed E-state index contributed by atoms with van der Waals surface area (Å²) in [5, 5.41) is 3.62. The highest BCUT2D eigenvalue weighted by Gasteiger charge is 2.20. The number of thiophene rings is 1. The molecule has 156 valence electrons. The Balaban J connectivity index is 1.31. The number of pyridine rings is 1. The lowest BCUT2D eigenvalue weighted by Crippen LogP contribution is -2.20. The van der Waals surface area contributed by atoms with E-state index < -0.39 is 18.5 Å².